The maximum atomic E-state index is 12.9. The summed E-state index contributed by atoms with van der Waals surface area (Å²) in [5.74, 6) is -1.37. The van der Waals surface area contributed by atoms with Gasteiger partial charge in [0.2, 0.25) is 5.91 Å². The second-order valence-electron chi connectivity index (χ2n) is 6.83. The molecule has 1 heterocycles. The molecular formula is C17H21NO3. The van der Waals surface area contributed by atoms with Gasteiger partial charge in [-0.05, 0) is 29.9 Å². The summed E-state index contributed by atoms with van der Waals surface area (Å²) in [5.41, 5.74) is 1.54. The van der Waals surface area contributed by atoms with Crippen LogP contribution in [0.5, 0.6) is 0 Å². The van der Waals surface area contributed by atoms with Crippen molar-refractivity contribution in [2.75, 3.05) is 11.4 Å². The fourth-order valence-corrected chi connectivity index (χ4v) is 3.80. The molecule has 4 heteroatoms. The Morgan fingerprint density at radius 2 is 2.00 bits per heavy atom. The molecule has 1 aliphatic heterocycles. The molecule has 21 heavy (non-hydrogen) atoms. The number of carbonyl (C=O) groups excluding carboxylic acids is 1. The molecule has 2 unspecified atom stereocenters. The van der Waals surface area contributed by atoms with Gasteiger partial charge in [-0.2, -0.15) is 0 Å². The Kier molecular flexibility index (Phi) is 3.27. The molecule has 0 saturated heterocycles. The third-order valence-corrected chi connectivity index (χ3v) is 5.09. The van der Waals surface area contributed by atoms with Crippen LogP contribution in [-0.4, -0.2) is 23.5 Å². The number of carboxylic acid groups (broad SMARTS) is 1. The highest BCUT2D eigenvalue weighted by Crippen LogP contribution is 2.46. The molecule has 2 aliphatic rings. The van der Waals surface area contributed by atoms with Gasteiger partial charge in [-0.1, -0.05) is 38.5 Å². The molecule has 1 N–H and O–H groups in total. The van der Waals surface area contributed by atoms with Crippen LogP contribution in [0.2, 0.25) is 0 Å². The summed E-state index contributed by atoms with van der Waals surface area (Å²) in [5, 5.41) is 9.39. The average Bonchev–Trinajstić information content (AvgIpc) is 2.98. The smallest absolute Gasteiger partial charge is 0.312 e. The van der Waals surface area contributed by atoms with Gasteiger partial charge in [0.1, 0.15) is 5.92 Å². The third kappa shape index (κ3) is 2.23. The summed E-state index contributed by atoms with van der Waals surface area (Å²) in [7, 11) is 0. The molecule has 3 rings (SSSR count). The predicted molar refractivity (Wildman–Crippen MR) is 80.3 cm³/mol. The van der Waals surface area contributed by atoms with Crippen LogP contribution >= 0.6 is 0 Å². The van der Waals surface area contributed by atoms with Crippen molar-refractivity contribution < 1.29 is 14.7 Å². The largest absolute Gasteiger partial charge is 0.481 e. The number of anilines is 1. The predicted octanol–water partition coefficient (Wildman–Crippen LogP) is 3.03. The van der Waals surface area contributed by atoms with Crippen molar-refractivity contribution in [3.05, 3.63) is 29.8 Å². The van der Waals surface area contributed by atoms with Crippen LogP contribution in [0.3, 0.4) is 0 Å². The van der Waals surface area contributed by atoms with Crippen LogP contribution in [0.25, 0.3) is 0 Å². The molecule has 1 amide bonds. The van der Waals surface area contributed by atoms with Gasteiger partial charge in [0.05, 0.1) is 0 Å². The molecule has 1 aliphatic carbocycles. The Labute approximate surface area is 124 Å². The number of para-hydroxylation sites is 1. The SMILES string of the molecule is CC1(C)CCCC1C(=O)N1CC(C(=O)O)c2ccccc21. The second-order valence-corrected chi connectivity index (χ2v) is 6.83. The molecule has 1 fully saturated rings. The second kappa shape index (κ2) is 4.86. The number of hydrogen-bond acceptors (Lipinski definition) is 2. The van der Waals surface area contributed by atoms with Crippen molar-refractivity contribution in [3.8, 4) is 0 Å². The van der Waals surface area contributed by atoms with Gasteiger partial charge >= 0.3 is 5.97 Å². The molecule has 0 bridgehead atoms. The Morgan fingerprint density at radius 3 is 2.62 bits per heavy atom. The fraction of sp³-hybridized carbons (Fsp3) is 0.529. The summed E-state index contributed by atoms with van der Waals surface area (Å²) in [6, 6.07) is 7.38. The highest BCUT2D eigenvalue weighted by atomic mass is 16.4. The lowest BCUT2D eigenvalue weighted by Gasteiger charge is -2.30. The van der Waals surface area contributed by atoms with Crippen molar-refractivity contribution in [2.24, 2.45) is 11.3 Å². The zero-order valence-electron chi connectivity index (χ0n) is 12.5. The number of carbonyl (C=O) groups is 2. The first-order chi connectivity index (χ1) is 9.92. The van der Waals surface area contributed by atoms with Crippen LogP contribution in [0.1, 0.15) is 44.6 Å². The topological polar surface area (TPSA) is 57.6 Å². The van der Waals surface area contributed by atoms with Crippen LogP contribution < -0.4 is 4.90 Å². The number of rotatable bonds is 2. The highest BCUT2D eigenvalue weighted by Gasteiger charge is 2.45. The quantitative estimate of drug-likeness (QED) is 0.909. The summed E-state index contributed by atoms with van der Waals surface area (Å²) in [6.45, 7) is 4.54. The Bertz CT molecular complexity index is 593. The van der Waals surface area contributed by atoms with Crippen LogP contribution in [0, 0.1) is 11.3 Å². The van der Waals surface area contributed by atoms with E-state index in [0.29, 0.717) is 0 Å². The van der Waals surface area contributed by atoms with Gasteiger partial charge in [-0.25, -0.2) is 0 Å². The standard InChI is InChI=1S/C17H21NO3/c1-17(2)9-5-7-13(17)15(19)18-10-12(16(20)21)11-6-3-4-8-14(11)18/h3-4,6,8,12-13H,5,7,9-10H2,1-2H3,(H,20,21). The number of amides is 1. The first-order valence-corrected chi connectivity index (χ1v) is 7.55. The molecule has 1 aromatic rings. The maximum Gasteiger partial charge on any atom is 0.312 e. The molecule has 112 valence electrons. The first kappa shape index (κ1) is 14.1. The van der Waals surface area contributed by atoms with Crippen LogP contribution in [0.4, 0.5) is 5.69 Å². The number of fused-ring (bicyclic) bond motifs is 1. The van der Waals surface area contributed by atoms with Gasteiger partial charge < -0.3 is 10.0 Å². The van der Waals surface area contributed by atoms with Crippen molar-refractivity contribution in [2.45, 2.75) is 39.0 Å². The van der Waals surface area contributed by atoms with E-state index >= 15 is 0 Å². The van der Waals surface area contributed by atoms with Crippen molar-refractivity contribution in [3.63, 3.8) is 0 Å². The summed E-state index contributed by atoms with van der Waals surface area (Å²) >= 11 is 0. The lowest BCUT2D eigenvalue weighted by Crippen LogP contribution is -2.40. The summed E-state index contributed by atoms with van der Waals surface area (Å²) in [6.07, 6.45) is 3.03. The third-order valence-electron chi connectivity index (χ3n) is 5.09. The van der Waals surface area contributed by atoms with Gasteiger partial charge in [0.25, 0.3) is 0 Å². The van der Waals surface area contributed by atoms with E-state index in [9.17, 15) is 14.7 Å². The first-order valence-electron chi connectivity index (χ1n) is 7.55. The fourth-order valence-electron chi connectivity index (χ4n) is 3.80. The average molecular weight is 287 g/mol. The molecule has 0 spiro atoms. The molecule has 0 aromatic heterocycles. The number of hydrogen-bond donors (Lipinski definition) is 1. The zero-order valence-corrected chi connectivity index (χ0v) is 12.5. The summed E-state index contributed by atoms with van der Waals surface area (Å²) < 4.78 is 0. The minimum Gasteiger partial charge on any atom is -0.481 e. The van der Waals surface area contributed by atoms with Crippen molar-refractivity contribution in [1.29, 1.82) is 0 Å². The minimum atomic E-state index is -0.858. The molecular weight excluding hydrogens is 266 g/mol. The van der Waals surface area contributed by atoms with E-state index in [0.717, 1.165) is 30.5 Å². The minimum absolute atomic E-state index is 0.00176. The van der Waals surface area contributed by atoms with Crippen LogP contribution in [0.15, 0.2) is 24.3 Å². The monoisotopic (exact) mass is 287 g/mol. The van der Waals surface area contributed by atoms with Gasteiger partial charge in [-0.15, -0.1) is 0 Å². The number of nitrogens with zero attached hydrogens (tertiary/aromatic N) is 1. The van der Waals surface area contributed by atoms with Crippen molar-refractivity contribution >= 4 is 17.6 Å². The Hall–Kier alpha value is -1.84. The van der Waals surface area contributed by atoms with E-state index in [1.165, 1.54) is 0 Å². The lowest BCUT2D eigenvalue weighted by molar-refractivity contribution is -0.138. The Balaban J connectivity index is 1.94. The van der Waals surface area contributed by atoms with Gasteiger partial charge in [0, 0.05) is 18.2 Å². The van der Waals surface area contributed by atoms with Gasteiger partial charge in [0.15, 0.2) is 0 Å². The molecule has 0 radical (unpaired) electrons. The van der Waals surface area contributed by atoms with Gasteiger partial charge in [-0.3, -0.25) is 9.59 Å². The number of aliphatic carboxylic acids is 1. The zero-order chi connectivity index (χ0) is 15.2. The van der Waals surface area contributed by atoms with E-state index in [1.54, 1.807) is 4.90 Å². The Morgan fingerprint density at radius 1 is 1.29 bits per heavy atom. The number of benzene rings is 1. The molecule has 4 nitrogen and oxygen atoms in total. The van der Waals surface area contributed by atoms with E-state index in [4.69, 9.17) is 0 Å². The van der Waals surface area contributed by atoms with E-state index in [-0.39, 0.29) is 23.8 Å². The summed E-state index contributed by atoms with van der Waals surface area (Å²) in [4.78, 5) is 26.1. The van der Waals surface area contributed by atoms with E-state index < -0.39 is 11.9 Å². The maximum absolute atomic E-state index is 12.9. The normalized spacial score (nSPS) is 26.7. The van der Waals surface area contributed by atoms with Crippen LogP contribution in [-0.2, 0) is 9.59 Å². The molecule has 1 aromatic carbocycles. The lowest BCUT2D eigenvalue weighted by atomic mass is 9.81. The van der Waals surface area contributed by atoms with Crippen molar-refractivity contribution in [1.82, 2.24) is 0 Å². The van der Waals surface area contributed by atoms with E-state index in [1.807, 2.05) is 24.3 Å². The molecule has 2 atom stereocenters. The number of carboxylic acids is 1. The highest BCUT2D eigenvalue weighted by molar-refractivity contribution is 6.00. The van der Waals surface area contributed by atoms with E-state index in [2.05, 4.69) is 13.8 Å². The molecule has 1 saturated carbocycles.